The number of rotatable bonds is 0. The molecule has 2 aromatic rings. The Morgan fingerprint density at radius 1 is 1.19 bits per heavy atom. The molecule has 0 amide bonds. The van der Waals surface area contributed by atoms with Gasteiger partial charge in [0.15, 0.2) is 0 Å². The van der Waals surface area contributed by atoms with Gasteiger partial charge in [-0.25, -0.2) is 4.98 Å². The van der Waals surface area contributed by atoms with E-state index in [9.17, 15) is 0 Å². The standard InChI is InChI=1S/C13H11N3/c1-10-4-6-12(14)13(16-10)7-5-11-3-2-8-15-9-11/h2-4,6,8-9H,14H2,1H3. The van der Waals surface area contributed by atoms with E-state index in [0.29, 0.717) is 11.4 Å². The lowest BCUT2D eigenvalue weighted by Gasteiger charge is -1.97. The highest BCUT2D eigenvalue weighted by Gasteiger charge is 1.96. The number of aromatic nitrogens is 2. The molecule has 2 N–H and O–H groups in total. The number of aryl methyl sites for hydroxylation is 1. The third-order valence-corrected chi connectivity index (χ3v) is 2.05. The van der Waals surface area contributed by atoms with Crippen LogP contribution in [-0.4, -0.2) is 9.97 Å². The van der Waals surface area contributed by atoms with Crippen LogP contribution in [0.25, 0.3) is 0 Å². The van der Waals surface area contributed by atoms with Crippen LogP contribution >= 0.6 is 0 Å². The van der Waals surface area contributed by atoms with Crippen LogP contribution in [0.3, 0.4) is 0 Å². The maximum absolute atomic E-state index is 5.77. The van der Waals surface area contributed by atoms with Gasteiger partial charge in [-0.15, -0.1) is 0 Å². The van der Waals surface area contributed by atoms with Gasteiger partial charge in [0.25, 0.3) is 0 Å². The molecule has 0 saturated carbocycles. The van der Waals surface area contributed by atoms with Crippen molar-refractivity contribution in [3.63, 3.8) is 0 Å². The van der Waals surface area contributed by atoms with Crippen molar-refractivity contribution in [1.29, 1.82) is 0 Å². The maximum Gasteiger partial charge on any atom is 0.136 e. The highest BCUT2D eigenvalue weighted by molar-refractivity contribution is 5.53. The summed E-state index contributed by atoms with van der Waals surface area (Å²) in [6.45, 7) is 1.91. The Morgan fingerprint density at radius 2 is 2.06 bits per heavy atom. The van der Waals surface area contributed by atoms with E-state index in [-0.39, 0.29) is 0 Å². The number of hydrogen-bond acceptors (Lipinski definition) is 3. The van der Waals surface area contributed by atoms with Gasteiger partial charge in [0.05, 0.1) is 5.69 Å². The predicted octanol–water partition coefficient (Wildman–Crippen LogP) is 1.77. The molecule has 0 aromatic carbocycles. The molecular formula is C13H11N3. The Hall–Kier alpha value is -2.34. The molecule has 2 aromatic heterocycles. The van der Waals surface area contributed by atoms with Crippen molar-refractivity contribution in [1.82, 2.24) is 9.97 Å². The van der Waals surface area contributed by atoms with Gasteiger partial charge in [-0.1, -0.05) is 5.92 Å². The van der Waals surface area contributed by atoms with Gasteiger partial charge < -0.3 is 5.73 Å². The normalized spacial score (nSPS) is 9.31. The van der Waals surface area contributed by atoms with Crippen LogP contribution in [0, 0.1) is 18.8 Å². The molecule has 0 aliphatic rings. The minimum Gasteiger partial charge on any atom is -0.396 e. The largest absolute Gasteiger partial charge is 0.396 e. The molecule has 0 radical (unpaired) electrons. The Morgan fingerprint density at radius 3 is 2.81 bits per heavy atom. The molecular weight excluding hydrogens is 198 g/mol. The first-order chi connectivity index (χ1) is 7.75. The van der Waals surface area contributed by atoms with E-state index in [0.717, 1.165) is 11.3 Å². The summed E-state index contributed by atoms with van der Waals surface area (Å²) >= 11 is 0. The number of pyridine rings is 2. The molecule has 2 rings (SSSR count). The average molecular weight is 209 g/mol. The molecule has 0 saturated heterocycles. The van der Waals surface area contributed by atoms with Crippen LogP contribution in [0.4, 0.5) is 5.69 Å². The zero-order valence-electron chi connectivity index (χ0n) is 8.94. The van der Waals surface area contributed by atoms with Crippen molar-refractivity contribution in [2.75, 3.05) is 5.73 Å². The van der Waals surface area contributed by atoms with E-state index in [1.54, 1.807) is 12.4 Å². The molecule has 0 unspecified atom stereocenters. The van der Waals surface area contributed by atoms with Gasteiger partial charge in [-0.2, -0.15) is 0 Å². The van der Waals surface area contributed by atoms with Crippen LogP contribution in [0.1, 0.15) is 17.0 Å². The fourth-order valence-corrected chi connectivity index (χ4v) is 1.24. The number of nitrogen functional groups attached to an aromatic ring is 1. The smallest absolute Gasteiger partial charge is 0.136 e. The van der Waals surface area contributed by atoms with Crippen molar-refractivity contribution in [3.05, 3.63) is 53.6 Å². The van der Waals surface area contributed by atoms with Gasteiger partial charge in [-0.05, 0) is 37.1 Å². The van der Waals surface area contributed by atoms with Crippen molar-refractivity contribution in [3.8, 4) is 11.8 Å². The number of nitrogens with zero attached hydrogens (tertiary/aromatic N) is 2. The summed E-state index contributed by atoms with van der Waals surface area (Å²) in [5.41, 5.74) is 8.75. The molecule has 0 atom stereocenters. The van der Waals surface area contributed by atoms with Crippen LogP contribution in [-0.2, 0) is 0 Å². The summed E-state index contributed by atoms with van der Waals surface area (Å²) in [7, 11) is 0. The van der Waals surface area contributed by atoms with Gasteiger partial charge >= 0.3 is 0 Å². The van der Waals surface area contributed by atoms with Gasteiger partial charge in [0.1, 0.15) is 5.69 Å². The zero-order chi connectivity index (χ0) is 11.4. The molecule has 2 heterocycles. The second kappa shape index (κ2) is 4.45. The summed E-state index contributed by atoms with van der Waals surface area (Å²) in [4.78, 5) is 8.25. The van der Waals surface area contributed by atoms with Crippen molar-refractivity contribution >= 4 is 5.69 Å². The van der Waals surface area contributed by atoms with Gasteiger partial charge in [0, 0.05) is 23.7 Å². The van der Waals surface area contributed by atoms with E-state index in [1.807, 2.05) is 31.2 Å². The minimum atomic E-state index is 0.599. The molecule has 3 heteroatoms. The number of anilines is 1. The predicted molar refractivity (Wildman–Crippen MR) is 63.6 cm³/mol. The SMILES string of the molecule is Cc1ccc(N)c(C#Cc2cccnc2)n1. The molecule has 0 aliphatic heterocycles. The lowest BCUT2D eigenvalue weighted by atomic mass is 10.2. The molecule has 0 bridgehead atoms. The maximum atomic E-state index is 5.77. The fraction of sp³-hybridized carbons (Fsp3) is 0.0769. The molecule has 3 nitrogen and oxygen atoms in total. The van der Waals surface area contributed by atoms with Gasteiger partial charge in [-0.3, -0.25) is 4.98 Å². The third-order valence-electron chi connectivity index (χ3n) is 2.05. The monoisotopic (exact) mass is 209 g/mol. The van der Waals surface area contributed by atoms with Crippen LogP contribution in [0.15, 0.2) is 36.7 Å². The number of hydrogen-bond donors (Lipinski definition) is 1. The fourth-order valence-electron chi connectivity index (χ4n) is 1.24. The summed E-state index contributed by atoms with van der Waals surface area (Å²) in [5, 5.41) is 0. The Labute approximate surface area is 94.4 Å². The van der Waals surface area contributed by atoms with E-state index in [1.165, 1.54) is 0 Å². The quantitative estimate of drug-likeness (QED) is 0.673. The van der Waals surface area contributed by atoms with Crippen molar-refractivity contribution < 1.29 is 0 Å². The average Bonchev–Trinajstić information content (AvgIpc) is 2.32. The third kappa shape index (κ3) is 2.37. The van der Waals surface area contributed by atoms with Crippen molar-refractivity contribution in [2.45, 2.75) is 6.92 Å². The first-order valence-electron chi connectivity index (χ1n) is 4.91. The van der Waals surface area contributed by atoms with E-state index in [4.69, 9.17) is 5.73 Å². The van der Waals surface area contributed by atoms with E-state index >= 15 is 0 Å². The second-order valence-electron chi connectivity index (χ2n) is 3.38. The summed E-state index contributed by atoms with van der Waals surface area (Å²) < 4.78 is 0. The first kappa shape index (κ1) is 10.2. The van der Waals surface area contributed by atoms with E-state index in [2.05, 4.69) is 21.8 Å². The molecule has 0 fully saturated rings. The lowest BCUT2D eigenvalue weighted by molar-refractivity contribution is 1.18. The lowest BCUT2D eigenvalue weighted by Crippen LogP contribution is -1.95. The van der Waals surface area contributed by atoms with Crippen LogP contribution < -0.4 is 5.73 Å². The summed E-state index contributed by atoms with van der Waals surface area (Å²) in [6.07, 6.45) is 3.42. The number of nitrogens with two attached hydrogens (primary N) is 1. The van der Waals surface area contributed by atoms with Crippen molar-refractivity contribution in [2.24, 2.45) is 0 Å². The molecule has 16 heavy (non-hydrogen) atoms. The Balaban J connectivity index is 2.34. The summed E-state index contributed by atoms with van der Waals surface area (Å²) in [5.74, 6) is 5.92. The summed E-state index contributed by atoms with van der Waals surface area (Å²) in [6, 6.07) is 7.42. The minimum absolute atomic E-state index is 0.599. The Bertz CT molecular complexity index is 550. The molecule has 0 spiro atoms. The molecule has 78 valence electrons. The van der Waals surface area contributed by atoms with Gasteiger partial charge in [0.2, 0.25) is 0 Å². The Kier molecular flexibility index (Phi) is 2.84. The molecule has 0 aliphatic carbocycles. The topological polar surface area (TPSA) is 51.8 Å². The highest BCUT2D eigenvalue weighted by atomic mass is 14.7. The first-order valence-corrected chi connectivity index (χ1v) is 4.91. The highest BCUT2D eigenvalue weighted by Crippen LogP contribution is 2.07. The second-order valence-corrected chi connectivity index (χ2v) is 3.38. The van der Waals surface area contributed by atoms with Crippen LogP contribution in [0.2, 0.25) is 0 Å². The zero-order valence-corrected chi connectivity index (χ0v) is 8.94. The van der Waals surface area contributed by atoms with E-state index < -0.39 is 0 Å². The van der Waals surface area contributed by atoms with Crippen LogP contribution in [0.5, 0.6) is 0 Å².